The molecule has 1 unspecified atom stereocenters. The van der Waals surface area contributed by atoms with Gasteiger partial charge < -0.3 is 10.4 Å². The van der Waals surface area contributed by atoms with Crippen molar-refractivity contribution in [2.45, 2.75) is 38.2 Å². The minimum absolute atomic E-state index is 0.512. The Labute approximate surface area is 114 Å². The number of nitrogens with one attached hydrogen (secondary N) is 1. The van der Waals surface area contributed by atoms with Crippen molar-refractivity contribution in [1.29, 1.82) is 0 Å². The first-order valence-corrected chi connectivity index (χ1v) is 7.28. The van der Waals surface area contributed by atoms with Crippen LogP contribution in [0.15, 0.2) is 24.3 Å². The van der Waals surface area contributed by atoms with E-state index < -0.39 is 6.10 Å². The minimum Gasteiger partial charge on any atom is -0.387 e. The lowest BCUT2D eigenvalue weighted by molar-refractivity contribution is 0.171. The molecule has 100 valence electrons. The van der Waals surface area contributed by atoms with Gasteiger partial charge in [-0.25, -0.2) is 0 Å². The van der Waals surface area contributed by atoms with Gasteiger partial charge in [0.15, 0.2) is 0 Å². The molecular formula is C15H22ClNO. The summed E-state index contributed by atoms with van der Waals surface area (Å²) in [5.41, 5.74) is 0.815. The molecular weight excluding hydrogens is 246 g/mol. The highest BCUT2D eigenvalue weighted by Gasteiger charge is 2.14. The van der Waals surface area contributed by atoms with Crippen LogP contribution in [-0.2, 0) is 0 Å². The van der Waals surface area contributed by atoms with Gasteiger partial charge in [0.05, 0.1) is 6.10 Å². The lowest BCUT2D eigenvalue weighted by Gasteiger charge is -2.22. The molecule has 18 heavy (non-hydrogen) atoms. The van der Waals surface area contributed by atoms with E-state index in [1.165, 1.54) is 32.1 Å². The molecule has 2 nitrogen and oxygen atoms in total. The van der Waals surface area contributed by atoms with Gasteiger partial charge >= 0.3 is 0 Å². The minimum atomic E-state index is -0.512. The summed E-state index contributed by atoms with van der Waals surface area (Å²) in [6.45, 7) is 1.60. The van der Waals surface area contributed by atoms with Gasteiger partial charge in [-0.05, 0) is 31.4 Å². The molecule has 2 N–H and O–H groups in total. The van der Waals surface area contributed by atoms with Crippen LogP contribution in [0, 0.1) is 5.92 Å². The summed E-state index contributed by atoms with van der Waals surface area (Å²) in [5, 5.41) is 14.1. The summed E-state index contributed by atoms with van der Waals surface area (Å²) in [5.74, 6) is 0.789. The maximum absolute atomic E-state index is 10.1. The Hall–Kier alpha value is -0.570. The summed E-state index contributed by atoms with van der Waals surface area (Å²) in [6.07, 6.45) is 6.25. The van der Waals surface area contributed by atoms with Crippen LogP contribution in [0.25, 0.3) is 0 Å². The smallest absolute Gasteiger partial charge is 0.0928 e. The van der Waals surface area contributed by atoms with Crippen molar-refractivity contribution in [1.82, 2.24) is 5.32 Å². The third kappa shape index (κ3) is 3.98. The Kier molecular flexibility index (Phi) is 5.48. The fourth-order valence-corrected chi connectivity index (χ4v) is 2.93. The van der Waals surface area contributed by atoms with Crippen LogP contribution in [0.1, 0.15) is 43.8 Å². The molecule has 0 aliphatic heterocycles. The van der Waals surface area contributed by atoms with Crippen molar-refractivity contribution in [2.24, 2.45) is 5.92 Å². The Morgan fingerprint density at radius 2 is 1.94 bits per heavy atom. The quantitative estimate of drug-likeness (QED) is 0.855. The van der Waals surface area contributed by atoms with Crippen LogP contribution in [0.4, 0.5) is 0 Å². The van der Waals surface area contributed by atoms with E-state index in [-0.39, 0.29) is 0 Å². The number of hydrogen-bond acceptors (Lipinski definition) is 2. The fourth-order valence-electron chi connectivity index (χ4n) is 2.67. The monoisotopic (exact) mass is 267 g/mol. The maximum atomic E-state index is 10.1. The number of benzene rings is 1. The van der Waals surface area contributed by atoms with Crippen LogP contribution in [0.2, 0.25) is 5.02 Å². The lowest BCUT2D eigenvalue weighted by Crippen LogP contribution is -2.28. The number of halogens is 1. The molecule has 0 heterocycles. The summed E-state index contributed by atoms with van der Waals surface area (Å²) < 4.78 is 0. The van der Waals surface area contributed by atoms with Crippen molar-refractivity contribution in [3.05, 3.63) is 34.9 Å². The average Bonchev–Trinajstić information content (AvgIpc) is 2.40. The molecule has 1 aromatic carbocycles. The van der Waals surface area contributed by atoms with Crippen LogP contribution in [0.5, 0.6) is 0 Å². The van der Waals surface area contributed by atoms with Gasteiger partial charge in [0.25, 0.3) is 0 Å². The molecule has 0 bridgehead atoms. The predicted molar refractivity (Wildman–Crippen MR) is 75.9 cm³/mol. The Morgan fingerprint density at radius 3 is 2.67 bits per heavy atom. The zero-order valence-electron chi connectivity index (χ0n) is 10.7. The zero-order chi connectivity index (χ0) is 12.8. The number of rotatable bonds is 5. The normalized spacial score (nSPS) is 18.8. The summed E-state index contributed by atoms with van der Waals surface area (Å²) >= 11 is 6.06. The van der Waals surface area contributed by atoms with E-state index in [2.05, 4.69) is 5.32 Å². The largest absolute Gasteiger partial charge is 0.387 e. The van der Waals surface area contributed by atoms with E-state index in [1.54, 1.807) is 0 Å². The predicted octanol–water partition coefficient (Wildman–Crippen LogP) is 3.54. The first-order valence-electron chi connectivity index (χ1n) is 6.90. The molecule has 1 fully saturated rings. The Balaban J connectivity index is 1.74. The van der Waals surface area contributed by atoms with Gasteiger partial charge in [-0.2, -0.15) is 0 Å². The first-order chi connectivity index (χ1) is 8.77. The SMILES string of the molecule is OC(CNCC1CCCCC1)c1ccccc1Cl. The van der Waals surface area contributed by atoms with Crippen molar-refractivity contribution in [2.75, 3.05) is 13.1 Å². The molecule has 1 aliphatic carbocycles. The van der Waals surface area contributed by atoms with E-state index in [1.807, 2.05) is 24.3 Å². The number of hydrogen-bond donors (Lipinski definition) is 2. The van der Waals surface area contributed by atoms with E-state index in [9.17, 15) is 5.11 Å². The number of aliphatic hydroxyl groups excluding tert-OH is 1. The maximum Gasteiger partial charge on any atom is 0.0928 e. The van der Waals surface area contributed by atoms with Gasteiger partial charge in [-0.15, -0.1) is 0 Å². The van der Waals surface area contributed by atoms with Gasteiger partial charge in [-0.3, -0.25) is 0 Å². The highest BCUT2D eigenvalue weighted by Crippen LogP contribution is 2.24. The Morgan fingerprint density at radius 1 is 1.22 bits per heavy atom. The second kappa shape index (κ2) is 7.13. The molecule has 0 saturated heterocycles. The topological polar surface area (TPSA) is 32.3 Å². The number of aliphatic hydroxyl groups is 1. The highest BCUT2D eigenvalue weighted by atomic mass is 35.5. The third-order valence-electron chi connectivity index (χ3n) is 3.76. The van der Waals surface area contributed by atoms with Crippen LogP contribution in [0.3, 0.4) is 0 Å². The zero-order valence-corrected chi connectivity index (χ0v) is 11.5. The second-order valence-electron chi connectivity index (χ2n) is 5.20. The van der Waals surface area contributed by atoms with Crippen LogP contribution < -0.4 is 5.32 Å². The first kappa shape index (κ1) is 13.9. The summed E-state index contributed by atoms with van der Waals surface area (Å²) in [6, 6.07) is 7.50. The van der Waals surface area contributed by atoms with Crippen LogP contribution >= 0.6 is 11.6 Å². The lowest BCUT2D eigenvalue weighted by atomic mass is 9.89. The summed E-state index contributed by atoms with van der Waals surface area (Å²) in [4.78, 5) is 0. The average molecular weight is 268 g/mol. The van der Waals surface area contributed by atoms with Gasteiger partial charge in [0.2, 0.25) is 0 Å². The highest BCUT2D eigenvalue weighted by molar-refractivity contribution is 6.31. The standard InChI is InChI=1S/C15H22ClNO/c16-14-9-5-4-8-13(14)15(18)11-17-10-12-6-2-1-3-7-12/h4-5,8-9,12,15,17-18H,1-3,6-7,10-11H2. The molecule has 0 aromatic heterocycles. The molecule has 3 heteroatoms. The van der Waals surface area contributed by atoms with Crippen molar-refractivity contribution < 1.29 is 5.11 Å². The van der Waals surface area contributed by atoms with Gasteiger partial charge in [0, 0.05) is 17.1 Å². The van der Waals surface area contributed by atoms with Crippen LogP contribution in [-0.4, -0.2) is 18.2 Å². The van der Waals surface area contributed by atoms with Crippen molar-refractivity contribution >= 4 is 11.6 Å². The molecule has 1 atom stereocenters. The fraction of sp³-hybridized carbons (Fsp3) is 0.600. The van der Waals surface area contributed by atoms with Crippen molar-refractivity contribution in [3.63, 3.8) is 0 Å². The van der Waals surface area contributed by atoms with E-state index in [4.69, 9.17) is 11.6 Å². The molecule has 2 rings (SSSR count). The second-order valence-corrected chi connectivity index (χ2v) is 5.61. The third-order valence-corrected chi connectivity index (χ3v) is 4.10. The van der Waals surface area contributed by atoms with E-state index in [0.29, 0.717) is 11.6 Å². The molecule has 1 aliphatic rings. The molecule has 1 aromatic rings. The Bertz CT molecular complexity index is 363. The van der Waals surface area contributed by atoms with Crippen molar-refractivity contribution in [3.8, 4) is 0 Å². The molecule has 0 radical (unpaired) electrons. The molecule has 0 spiro atoms. The van der Waals surface area contributed by atoms with Gasteiger partial charge in [0.1, 0.15) is 0 Å². The van der Waals surface area contributed by atoms with E-state index in [0.717, 1.165) is 18.0 Å². The molecule has 1 saturated carbocycles. The molecule has 0 amide bonds. The summed E-state index contributed by atoms with van der Waals surface area (Å²) in [7, 11) is 0. The van der Waals surface area contributed by atoms with Gasteiger partial charge in [-0.1, -0.05) is 49.1 Å². The van der Waals surface area contributed by atoms with E-state index >= 15 is 0 Å².